The van der Waals surface area contributed by atoms with E-state index in [-0.39, 0.29) is 5.91 Å². The van der Waals surface area contributed by atoms with Crippen LogP contribution in [0.25, 0.3) is 0 Å². The molecular formula is C6H12N2O. The maximum atomic E-state index is 10.7. The number of nitrogens with one attached hydrogen (secondary N) is 2. The topological polar surface area (TPSA) is 41.1 Å². The maximum absolute atomic E-state index is 10.7. The Morgan fingerprint density at radius 1 is 1.78 bits per heavy atom. The highest BCUT2D eigenvalue weighted by atomic mass is 16.2. The Hall–Kier alpha value is -0.570. The van der Waals surface area contributed by atoms with E-state index in [2.05, 4.69) is 17.6 Å². The summed E-state index contributed by atoms with van der Waals surface area (Å²) in [6, 6.07) is 0.353. The van der Waals surface area contributed by atoms with Crippen LogP contribution in [0.2, 0.25) is 0 Å². The molecule has 0 aromatic carbocycles. The number of amides is 1. The van der Waals surface area contributed by atoms with Gasteiger partial charge in [0, 0.05) is 12.6 Å². The van der Waals surface area contributed by atoms with Crippen LogP contribution in [0.4, 0.5) is 0 Å². The predicted octanol–water partition coefficient (Wildman–Crippen LogP) is -0.516. The van der Waals surface area contributed by atoms with Gasteiger partial charge < -0.3 is 10.6 Å². The van der Waals surface area contributed by atoms with Gasteiger partial charge in [-0.05, 0) is 6.42 Å². The third-order valence-corrected chi connectivity index (χ3v) is 1.53. The van der Waals surface area contributed by atoms with E-state index < -0.39 is 0 Å². The summed E-state index contributed by atoms with van der Waals surface area (Å²) in [4.78, 5) is 10.7. The average Bonchev–Trinajstić information content (AvgIpc) is 1.88. The van der Waals surface area contributed by atoms with Crippen molar-refractivity contribution in [2.75, 3.05) is 13.1 Å². The minimum atomic E-state index is 0.119. The van der Waals surface area contributed by atoms with E-state index in [1.54, 1.807) is 0 Å². The fraction of sp³-hybridized carbons (Fsp3) is 0.833. The molecule has 1 amide bonds. The van der Waals surface area contributed by atoms with E-state index in [1.807, 2.05) is 0 Å². The third-order valence-electron chi connectivity index (χ3n) is 1.53. The SMILES string of the molecule is CCC1CNCC(=O)N1. The second-order valence-corrected chi connectivity index (χ2v) is 2.30. The van der Waals surface area contributed by atoms with Crippen molar-refractivity contribution >= 4 is 5.91 Å². The molecule has 3 heteroatoms. The highest BCUT2D eigenvalue weighted by Gasteiger charge is 2.14. The predicted molar refractivity (Wildman–Crippen MR) is 35.1 cm³/mol. The summed E-state index contributed by atoms with van der Waals surface area (Å²) in [5.74, 6) is 0.119. The summed E-state index contributed by atoms with van der Waals surface area (Å²) in [6.45, 7) is 3.47. The number of carbonyl (C=O) groups is 1. The number of piperazine rings is 1. The zero-order chi connectivity index (χ0) is 6.69. The monoisotopic (exact) mass is 128 g/mol. The Bertz CT molecular complexity index is 114. The van der Waals surface area contributed by atoms with Gasteiger partial charge >= 0.3 is 0 Å². The molecule has 2 N–H and O–H groups in total. The van der Waals surface area contributed by atoms with E-state index in [4.69, 9.17) is 0 Å². The van der Waals surface area contributed by atoms with Gasteiger partial charge in [0.25, 0.3) is 0 Å². The zero-order valence-corrected chi connectivity index (χ0v) is 5.61. The lowest BCUT2D eigenvalue weighted by Crippen LogP contribution is -2.51. The largest absolute Gasteiger partial charge is 0.351 e. The smallest absolute Gasteiger partial charge is 0.234 e. The summed E-state index contributed by atoms with van der Waals surface area (Å²) < 4.78 is 0. The molecule has 1 fully saturated rings. The number of hydrogen-bond donors (Lipinski definition) is 2. The number of rotatable bonds is 1. The molecule has 1 saturated heterocycles. The van der Waals surface area contributed by atoms with Crippen molar-refractivity contribution in [3.63, 3.8) is 0 Å². The fourth-order valence-corrected chi connectivity index (χ4v) is 0.936. The van der Waals surface area contributed by atoms with E-state index >= 15 is 0 Å². The molecule has 52 valence electrons. The molecule has 0 spiro atoms. The minimum Gasteiger partial charge on any atom is -0.351 e. The summed E-state index contributed by atoms with van der Waals surface area (Å²) >= 11 is 0. The van der Waals surface area contributed by atoms with E-state index in [0.29, 0.717) is 12.6 Å². The molecule has 1 rings (SSSR count). The van der Waals surface area contributed by atoms with Crippen LogP contribution >= 0.6 is 0 Å². The molecule has 1 atom stereocenters. The first-order chi connectivity index (χ1) is 4.33. The number of hydrogen-bond acceptors (Lipinski definition) is 2. The molecule has 1 unspecified atom stereocenters. The van der Waals surface area contributed by atoms with Crippen molar-refractivity contribution < 1.29 is 4.79 Å². The van der Waals surface area contributed by atoms with E-state index in [0.717, 1.165) is 13.0 Å². The lowest BCUT2D eigenvalue weighted by molar-refractivity contribution is -0.122. The van der Waals surface area contributed by atoms with Crippen LogP contribution in [0.1, 0.15) is 13.3 Å². The molecule has 0 radical (unpaired) electrons. The standard InChI is InChI=1S/C6H12N2O/c1-2-5-3-7-4-6(9)8-5/h5,7H,2-4H2,1H3,(H,8,9). The highest BCUT2D eigenvalue weighted by Crippen LogP contribution is 1.91. The molecule has 0 aliphatic carbocycles. The summed E-state index contributed by atoms with van der Waals surface area (Å²) in [7, 11) is 0. The normalized spacial score (nSPS) is 27.7. The van der Waals surface area contributed by atoms with Crippen molar-refractivity contribution in [1.29, 1.82) is 0 Å². The van der Waals surface area contributed by atoms with Crippen LogP contribution < -0.4 is 10.6 Å². The molecule has 0 aromatic heterocycles. The van der Waals surface area contributed by atoms with Gasteiger partial charge in [0.1, 0.15) is 0 Å². The molecule has 0 saturated carbocycles. The van der Waals surface area contributed by atoms with Crippen LogP contribution in [0.15, 0.2) is 0 Å². The Kier molecular flexibility index (Phi) is 2.05. The number of carbonyl (C=O) groups excluding carboxylic acids is 1. The zero-order valence-electron chi connectivity index (χ0n) is 5.61. The van der Waals surface area contributed by atoms with Crippen molar-refractivity contribution in [3.05, 3.63) is 0 Å². The van der Waals surface area contributed by atoms with Crippen LogP contribution in [-0.2, 0) is 4.79 Å². The lowest BCUT2D eigenvalue weighted by atomic mass is 10.2. The first kappa shape index (κ1) is 6.55. The van der Waals surface area contributed by atoms with Gasteiger partial charge in [-0.2, -0.15) is 0 Å². The molecule has 1 aliphatic rings. The molecule has 1 aliphatic heterocycles. The summed E-state index contributed by atoms with van der Waals surface area (Å²) in [6.07, 6.45) is 1.01. The van der Waals surface area contributed by atoms with Gasteiger partial charge in [0.15, 0.2) is 0 Å². The van der Waals surface area contributed by atoms with Gasteiger partial charge in [0.2, 0.25) is 5.91 Å². The van der Waals surface area contributed by atoms with Crippen LogP contribution in [-0.4, -0.2) is 25.0 Å². The summed E-state index contributed by atoms with van der Waals surface area (Å²) in [5, 5.41) is 5.89. The second kappa shape index (κ2) is 2.82. The highest BCUT2D eigenvalue weighted by molar-refractivity contribution is 5.79. The summed E-state index contributed by atoms with van der Waals surface area (Å²) in [5.41, 5.74) is 0. The lowest BCUT2D eigenvalue weighted by Gasteiger charge is -2.22. The van der Waals surface area contributed by atoms with Gasteiger partial charge in [-0.1, -0.05) is 6.92 Å². The second-order valence-electron chi connectivity index (χ2n) is 2.30. The van der Waals surface area contributed by atoms with Gasteiger partial charge in [-0.15, -0.1) is 0 Å². The molecule has 9 heavy (non-hydrogen) atoms. The minimum absolute atomic E-state index is 0.119. The van der Waals surface area contributed by atoms with Crippen molar-refractivity contribution in [1.82, 2.24) is 10.6 Å². The maximum Gasteiger partial charge on any atom is 0.234 e. The quantitative estimate of drug-likeness (QED) is 0.499. The van der Waals surface area contributed by atoms with Gasteiger partial charge in [-0.3, -0.25) is 4.79 Å². The first-order valence-electron chi connectivity index (χ1n) is 3.33. The molecule has 0 bridgehead atoms. The third kappa shape index (κ3) is 1.68. The average molecular weight is 128 g/mol. The Balaban J connectivity index is 2.32. The molecule has 1 heterocycles. The van der Waals surface area contributed by atoms with Crippen molar-refractivity contribution in [2.45, 2.75) is 19.4 Å². The molecular weight excluding hydrogens is 116 g/mol. The van der Waals surface area contributed by atoms with Crippen LogP contribution in [0.5, 0.6) is 0 Å². The Morgan fingerprint density at radius 3 is 3.00 bits per heavy atom. The van der Waals surface area contributed by atoms with Gasteiger partial charge in [-0.25, -0.2) is 0 Å². The van der Waals surface area contributed by atoms with Gasteiger partial charge in [0.05, 0.1) is 6.54 Å². The van der Waals surface area contributed by atoms with E-state index in [1.165, 1.54) is 0 Å². The van der Waals surface area contributed by atoms with E-state index in [9.17, 15) is 4.79 Å². The van der Waals surface area contributed by atoms with Crippen molar-refractivity contribution in [3.8, 4) is 0 Å². The van der Waals surface area contributed by atoms with Crippen LogP contribution in [0.3, 0.4) is 0 Å². The van der Waals surface area contributed by atoms with Crippen LogP contribution in [0, 0.1) is 0 Å². The fourth-order valence-electron chi connectivity index (χ4n) is 0.936. The first-order valence-corrected chi connectivity index (χ1v) is 3.33. The molecule has 0 aromatic rings. The Labute approximate surface area is 54.8 Å². The molecule has 3 nitrogen and oxygen atoms in total. The Morgan fingerprint density at radius 2 is 2.56 bits per heavy atom. The van der Waals surface area contributed by atoms with Crippen molar-refractivity contribution in [2.24, 2.45) is 0 Å².